The molecule has 0 bridgehead atoms. The van der Waals surface area contributed by atoms with Crippen LogP contribution in [-0.4, -0.2) is 27.7 Å². The molecule has 1 aromatic rings. The summed E-state index contributed by atoms with van der Waals surface area (Å²) >= 11 is 0. The molecule has 21 heavy (non-hydrogen) atoms. The first kappa shape index (κ1) is 16.1. The highest BCUT2D eigenvalue weighted by Gasteiger charge is 2.19. The van der Waals surface area contributed by atoms with Crippen molar-refractivity contribution in [3.8, 4) is 5.75 Å². The monoisotopic (exact) mass is 292 g/mol. The van der Waals surface area contributed by atoms with E-state index >= 15 is 0 Å². The summed E-state index contributed by atoms with van der Waals surface area (Å²) in [6.45, 7) is 3.79. The molecule has 1 aromatic heterocycles. The molecule has 0 unspecified atom stereocenters. The van der Waals surface area contributed by atoms with Crippen LogP contribution in [0.2, 0.25) is 0 Å². The van der Waals surface area contributed by atoms with E-state index in [1.165, 1.54) is 32.1 Å². The lowest BCUT2D eigenvalue weighted by Gasteiger charge is -2.31. The van der Waals surface area contributed by atoms with Crippen molar-refractivity contribution in [3.05, 3.63) is 28.2 Å². The predicted molar refractivity (Wildman–Crippen MR) is 85.6 cm³/mol. The molecular formula is C17H28N2O2. The Morgan fingerprint density at radius 3 is 2.71 bits per heavy atom. The summed E-state index contributed by atoms with van der Waals surface area (Å²) < 4.78 is 2.04. The van der Waals surface area contributed by atoms with Gasteiger partial charge >= 0.3 is 0 Å². The molecule has 0 spiro atoms. The zero-order valence-electron chi connectivity index (χ0n) is 13.3. The summed E-state index contributed by atoms with van der Waals surface area (Å²) in [7, 11) is 2.15. The van der Waals surface area contributed by atoms with Gasteiger partial charge in [-0.25, -0.2) is 0 Å². The van der Waals surface area contributed by atoms with Crippen LogP contribution in [-0.2, 0) is 13.1 Å². The molecule has 1 aliphatic rings. The summed E-state index contributed by atoms with van der Waals surface area (Å²) in [6, 6.07) is 2.23. The van der Waals surface area contributed by atoms with Gasteiger partial charge in [-0.05, 0) is 26.3 Å². The second-order valence-electron chi connectivity index (χ2n) is 6.27. The van der Waals surface area contributed by atoms with E-state index in [1.54, 1.807) is 12.3 Å². The largest absolute Gasteiger partial charge is 0.503 e. The molecule has 0 radical (unpaired) electrons. The maximum absolute atomic E-state index is 11.7. The normalized spacial score (nSPS) is 16.5. The Kier molecular flexibility index (Phi) is 5.85. The molecule has 4 nitrogen and oxygen atoms in total. The number of rotatable bonds is 6. The first-order valence-electron chi connectivity index (χ1n) is 8.24. The second kappa shape index (κ2) is 7.64. The van der Waals surface area contributed by atoms with Gasteiger partial charge in [-0.2, -0.15) is 0 Å². The van der Waals surface area contributed by atoms with Crippen LogP contribution in [0.1, 0.15) is 57.6 Å². The molecular weight excluding hydrogens is 264 g/mol. The van der Waals surface area contributed by atoms with Gasteiger partial charge in [0.15, 0.2) is 5.75 Å². The molecule has 2 rings (SSSR count). The van der Waals surface area contributed by atoms with Crippen molar-refractivity contribution in [1.29, 1.82) is 0 Å². The van der Waals surface area contributed by atoms with Crippen molar-refractivity contribution in [1.82, 2.24) is 9.47 Å². The maximum atomic E-state index is 11.7. The van der Waals surface area contributed by atoms with E-state index in [4.69, 9.17) is 0 Å². The van der Waals surface area contributed by atoms with E-state index in [0.29, 0.717) is 6.04 Å². The number of unbranched alkanes of at least 4 members (excludes halogenated alkanes) is 1. The molecule has 118 valence electrons. The average molecular weight is 292 g/mol. The van der Waals surface area contributed by atoms with Gasteiger partial charge in [-0.3, -0.25) is 9.69 Å². The van der Waals surface area contributed by atoms with Gasteiger partial charge in [-0.15, -0.1) is 0 Å². The Morgan fingerprint density at radius 2 is 2.05 bits per heavy atom. The zero-order valence-corrected chi connectivity index (χ0v) is 13.3. The van der Waals surface area contributed by atoms with Gasteiger partial charge in [-0.1, -0.05) is 32.6 Å². The number of hydrogen-bond donors (Lipinski definition) is 1. The molecule has 4 heteroatoms. The van der Waals surface area contributed by atoms with Crippen molar-refractivity contribution in [2.75, 3.05) is 7.05 Å². The zero-order chi connectivity index (χ0) is 15.2. The van der Waals surface area contributed by atoms with Crippen LogP contribution < -0.4 is 5.43 Å². The van der Waals surface area contributed by atoms with Gasteiger partial charge in [0.25, 0.3) is 0 Å². The van der Waals surface area contributed by atoms with Crippen LogP contribution >= 0.6 is 0 Å². The summed E-state index contributed by atoms with van der Waals surface area (Å²) in [5.41, 5.74) is 0.745. The molecule has 0 saturated heterocycles. The van der Waals surface area contributed by atoms with Gasteiger partial charge in [0.05, 0.1) is 6.20 Å². The van der Waals surface area contributed by atoms with Crippen molar-refractivity contribution in [2.45, 2.75) is 71.0 Å². The number of hydrogen-bond acceptors (Lipinski definition) is 3. The third-order valence-electron chi connectivity index (χ3n) is 4.56. The maximum Gasteiger partial charge on any atom is 0.223 e. The lowest BCUT2D eigenvalue weighted by atomic mass is 9.94. The highest BCUT2D eigenvalue weighted by Crippen LogP contribution is 2.23. The Morgan fingerprint density at radius 1 is 1.33 bits per heavy atom. The van der Waals surface area contributed by atoms with E-state index in [9.17, 15) is 9.90 Å². The van der Waals surface area contributed by atoms with Crippen molar-refractivity contribution in [3.63, 3.8) is 0 Å². The van der Waals surface area contributed by atoms with Crippen LogP contribution in [0.25, 0.3) is 0 Å². The molecule has 0 atom stereocenters. The van der Waals surface area contributed by atoms with Crippen LogP contribution in [0.3, 0.4) is 0 Å². The molecule has 0 aromatic carbocycles. The van der Waals surface area contributed by atoms with Gasteiger partial charge in [0.1, 0.15) is 0 Å². The Hall–Kier alpha value is -1.29. The van der Waals surface area contributed by atoms with Gasteiger partial charge < -0.3 is 9.67 Å². The van der Waals surface area contributed by atoms with E-state index < -0.39 is 0 Å². The molecule has 1 N–H and O–H groups in total. The standard InChI is InChI=1S/C17H28N2O2/c1-3-4-10-19-13-17(21)16(20)11-15(19)12-18(2)14-8-6-5-7-9-14/h11,13-14,21H,3-10,12H2,1-2H3. The molecule has 0 aliphatic heterocycles. The minimum atomic E-state index is -0.269. The SMILES string of the molecule is CCCCn1cc(O)c(=O)cc1CN(C)C1CCCCC1. The van der Waals surface area contributed by atoms with Crippen molar-refractivity contribution < 1.29 is 5.11 Å². The molecule has 1 fully saturated rings. The summed E-state index contributed by atoms with van der Waals surface area (Å²) in [6.07, 6.45) is 10.3. The topological polar surface area (TPSA) is 45.5 Å². The van der Waals surface area contributed by atoms with E-state index in [2.05, 4.69) is 18.9 Å². The summed E-state index contributed by atoms with van der Waals surface area (Å²) in [5.74, 6) is -0.143. The third-order valence-corrected chi connectivity index (χ3v) is 4.56. The number of nitrogens with zero attached hydrogens (tertiary/aromatic N) is 2. The van der Waals surface area contributed by atoms with E-state index in [0.717, 1.165) is 31.6 Å². The molecule has 1 saturated carbocycles. The third kappa shape index (κ3) is 4.34. The lowest BCUT2D eigenvalue weighted by Crippen LogP contribution is -2.34. The Labute approximate surface area is 127 Å². The first-order chi connectivity index (χ1) is 10.1. The minimum absolute atomic E-state index is 0.143. The average Bonchev–Trinajstić information content (AvgIpc) is 2.50. The fourth-order valence-corrected chi connectivity index (χ4v) is 3.18. The minimum Gasteiger partial charge on any atom is -0.503 e. The highest BCUT2D eigenvalue weighted by atomic mass is 16.3. The van der Waals surface area contributed by atoms with E-state index in [1.807, 2.05) is 4.57 Å². The summed E-state index contributed by atoms with van der Waals surface area (Å²) in [5, 5.41) is 9.66. The summed E-state index contributed by atoms with van der Waals surface area (Å²) in [4.78, 5) is 14.1. The Bertz CT molecular complexity index is 504. The quantitative estimate of drug-likeness (QED) is 0.876. The molecule has 0 amide bonds. The van der Waals surface area contributed by atoms with Gasteiger partial charge in [0.2, 0.25) is 5.43 Å². The predicted octanol–water partition coefficient (Wildman–Crippen LogP) is 3.12. The van der Waals surface area contributed by atoms with Crippen LogP contribution in [0, 0.1) is 0 Å². The molecule has 1 aliphatic carbocycles. The molecule has 1 heterocycles. The van der Waals surface area contributed by atoms with Crippen LogP contribution in [0.4, 0.5) is 0 Å². The highest BCUT2D eigenvalue weighted by molar-refractivity contribution is 5.20. The van der Waals surface area contributed by atoms with Crippen LogP contribution in [0.5, 0.6) is 5.75 Å². The number of aromatic nitrogens is 1. The second-order valence-corrected chi connectivity index (χ2v) is 6.27. The lowest BCUT2D eigenvalue weighted by molar-refractivity contribution is 0.180. The van der Waals surface area contributed by atoms with Crippen molar-refractivity contribution in [2.24, 2.45) is 0 Å². The van der Waals surface area contributed by atoms with E-state index in [-0.39, 0.29) is 11.2 Å². The van der Waals surface area contributed by atoms with Crippen LogP contribution in [0.15, 0.2) is 17.1 Å². The van der Waals surface area contributed by atoms with Gasteiger partial charge in [0, 0.05) is 30.9 Å². The first-order valence-corrected chi connectivity index (χ1v) is 8.24. The van der Waals surface area contributed by atoms with Crippen molar-refractivity contribution >= 4 is 0 Å². The Balaban J connectivity index is 2.12. The fraction of sp³-hybridized carbons (Fsp3) is 0.706. The fourth-order valence-electron chi connectivity index (χ4n) is 3.18. The number of aromatic hydroxyl groups is 1. The number of pyridine rings is 1. The smallest absolute Gasteiger partial charge is 0.223 e. The number of aryl methyl sites for hydroxylation is 1.